The molecular formula is C21H30IN3O3. The minimum absolute atomic E-state index is 0. The largest absolute Gasteiger partial charge is 0.493 e. The van der Waals surface area contributed by atoms with Crippen LogP contribution in [-0.4, -0.2) is 46.3 Å². The first kappa shape index (κ1) is 23.9. The number of halogens is 1. The second-order valence-electron chi connectivity index (χ2n) is 6.22. The predicted molar refractivity (Wildman–Crippen MR) is 124 cm³/mol. The van der Waals surface area contributed by atoms with Gasteiger partial charge in [-0.25, -0.2) is 0 Å². The number of aliphatic imine (C=N–C) groups is 1. The average Bonchev–Trinajstić information content (AvgIpc) is 2.69. The number of guanidine groups is 1. The van der Waals surface area contributed by atoms with Gasteiger partial charge in [-0.1, -0.05) is 24.3 Å². The third-order valence-electron chi connectivity index (χ3n) is 4.42. The number of hydrogen-bond donors (Lipinski definition) is 1. The Balaban J connectivity index is 0.00000392. The van der Waals surface area contributed by atoms with Crippen LogP contribution < -0.4 is 19.5 Å². The van der Waals surface area contributed by atoms with E-state index in [1.807, 2.05) is 19.2 Å². The molecule has 0 saturated carbocycles. The number of benzene rings is 2. The minimum atomic E-state index is 0. The lowest BCUT2D eigenvalue weighted by atomic mass is 10.1. The molecule has 0 spiro atoms. The van der Waals surface area contributed by atoms with Gasteiger partial charge in [0.15, 0.2) is 17.5 Å². The molecule has 0 aliphatic rings. The maximum atomic E-state index is 5.42. The second-order valence-corrected chi connectivity index (χ2v) is 6.22. The van der Waals surface area contributed by atoms with E-state index < -0.39 is 0 Å². The minimum Gasteiger partial charge on any atom is -0.493 e. The zero-order valence-corrected chi connectivity index (χ0v) is 19.7. The van der Waals surface area contributed by atoms with Gasteiger partial charge >= 0.3 is 0 Å². The van der Waals surface area contributed by atoms with Crippen LogP contribution in [-0.2, 0) is 13.1 Å². The topological polar surface area (TPSA) is 55.3 Å². The standard InChI is InChI=1S/C21H29N3O3.HI/c1-15-9-7-8-10-17(15)14-24(3)21(22-2)23-13-16-11-18(25-4)20(27-6)19(12-16)26-5;/h7-12H,13-14H2,1-6H3,(H,22,23);1H. The summed E-state index contributed by atoms with van der Waals surface area (Å²) >= 11 is 0. The molecule has 0 fully saturated rings. The summed E-state index contributed by atoms with van der Waals surface area (Å²) in [5, 5.41) is 3.39. The van der Waals surface area contributed by atoms with Crippen LogP contribution in [0.5, 0.6) is 17.2 Å². The lowest BCUT2D eigenvalue weighted by molar-refractivity contribution is 0.323. The quantitative estimate of drug-likeness (QED) is 0.357. The Bertz CT molecular complexity index is 771. The Morgan fingerprint density at radius 1 is 1.04 bits per heavy atom. The van der Waals surface area contributed by atoms with Gasteiger partial charge in [0.25, 0.3) is 0 Å². The molecule has 2 aromatic rings. The molecule has 0 saturated heterocycles. The van der Waals surface area contributed by atoms with Gasteiger partial charge in [0.05, 0.1) is 21.3 Å². The fraction of sp³-hybridized carbons (Fsp3) is 0.381. The molecule has 2 rings (SSSR count). The van der Waals surface area contributed by atoms with E-state index in [-0.39, 0.29) is 24.0 Å². The molecule has 0 heterocycles. The van der Waals surface area contributed by atoms with E-state index >= 15 is 0 Å². The van der Waals surface area contributed by atoms with Gasteiger partial charge in [-0.2, -0.15) is 0 Å². The van der Waals surface area contributed by atoms with Crippen molar-refractivity contribution in [2.24, 2.45) is 4.99 Å². The first-order chi connectivity index (χ1) is 13.0. The molecule has 154 valence electrons. The molecule has 28 heavy (non-hydrogen) atoms. The summed E-state index contributed by atoms with van der Waals surface area (Å²) in [6, 6.07) is 12.2. The molecule has 0 aromatic heterocycles. The number of nitrogens with one attached hydrogen (secondary N) is 1. The van der Waals surface area contributed by atoms with Crippen LogP contribution >= 0.6 is 24.0 Å². The van der Waals surface area contributed by atoms with Crippen molar-refractivity contribution in [2.45, 2.75) is 20.0 Å². The number of aryl methyl sites for hydroxylation is 1. The van der Waals surface area contributed by atoms with Gasteiger partial charge in [0.1, 0.15) is 0 Å². The lowest BCUT2D eigenvalue weighted by Crippen LogP contribution is -2.38. The fourth-order valence-corrected chi connectivity index (χ4v) is 2.92. The van der Waals surface area contributed by atoms with Crippen molar-refractivity contribution in [2.75, 3.05) is 35.4 Å². The number of methoxy groups -OCH3 is 3. The highest BCUT2D eigenvalue weighted by molar-refractivity contribution is 14.0. The van der Waals surface area contributed by atoms with Gasteiger partial charge in [0.2, 0.25) is 5.75 Å². The molecule has 0 aliphatic carbocycles. The Morgan fingerprint density at radius 3 is 2.14 bits per heavy atom. The summed E-state index contributed by atoms with van der Waals surface area (Å²) in [4.78, 5) is 6.49. The van der Waals surface area contributed by atoms with Gasteiger partial charge < -0.3 is 24.4 Å². The Labute approximate surface area is 184 Å². The van der Waals surface area contributed by atoms with Crippen LogP contribution in [0.4, 0.5) is 0 Å². The second kappa shape index (κ2) is 11.6. The first-order valence-corrected chi connectivity index (χ1v) is 8.79. The molecule has 2 aromatic carbocycles. The van der Waals surface area contributed by atoms with Crippen LogP contribution in [0.1, 0.15) is 16.7 Å². The fourth-order valence-electron chi connectivity index (χ4n) is 2.92. The van der Waals surface area contributed by atoms with Gasteiger partial charge in [-0.3, -0.25) is 4.99 Å². The molecule has 0 atom stereocenters. The van der Waals surface area contributed by atoms with Crippen LogP contribution in [0.3, 0.4) is 0 Å². The zero-order chi connectivity index (χ0) is 19.8. The van der Waals surface area contributed by atoms with E-state index in [0.29, 0.717) is 23.8 Å². The molecule has 0 amide bonds. The summed E-state index contributed by atoms with van der Waals surface area (Å²) in [6.07, 6.45) is 0. The van der Waals surface area contributed by atoms with Gasteiger partial charge in [-0.05, 0) is 35.7 Å². The number of hydrogen-bond acceptors (Lipinski definition) is 4. The predicted octanol–water partition coefficient (Wildman–Crippen LogP) is 3.85. The molecule has 0 radical (unpaired) electrons. The summed E-state index contributed by atoms with van der Waals surface area (Å²) in [6.45, 7) is 3.48. The Kier molecular flexibility index (Phi) is 9.92. The van der Waals surface area contributed by atoms with E-state index in [9.17, 15) is 0 Å². The van der Waals surface area contributed by atoms with E-state index in [4.69, 9.17) is 14.2 Å². The first-order valence-electron chi connectivity index (χ1n) is 8.79. The van der Waals surface area contributed by atoms with E-state index in [2.05, 4.69) is 46.4 Å². The van der Waals surface area contributed by atoms with Crippen LogP contribution in [0.25, 0.3) is 0 Å². The van der Waals surface area contributed by atoms with E-state index in [1.54, 1.807) is 28.4 Å². The number of rotatable bonds is 7. The van der Waals surface area contributed by atoms with Crippen molar-refractivity contribution < 1.29 is 14.2 Å². The number of nitrogens with zero attached hydrogens (tertiary/aromatic N) is 2. The molecular weight excluding hydrogens is 469 g/mol. The molecule has 7 heteroatoms. The number of ether oxygens (including phenoxy) is 3. The van der Waals surface area contributed by atoms with E-state index in [0.717, 1.165) is 18.1 Å². The van der Waals surface area contributed by atoms with Crippen LogP contribution in [0, 0.1) is 6.92 Å². The maximum Gasteiger partial charge on any atom is 0.203 e. The van der Waals surface area contributed by atoms with Crippen molar-refractivity contribution in [3.63, 3.8) is 0 Å². The van der Waals surface area contributed by atoms with Crippen molar-refractivity contribution in [3.05, 3.63) is 53.1 Å². The molecule has 0 aliphatic heterocycles. The highest BCUT2D eigenvalue weighted by atomic mass is 127. The lowest BCUT2D eigenvalue weighted by Gasteiger charge is -2.23. The Hall–Kier alpha value is -2.16. The monoisotopic (exact) mass is 499 g/mol. The van der Waals surface area contributed by atoms with Crippen molar-refractivity contribution in [1.82, 2.24) is 10.2 Å². The molecule has 0 bridgehead atoms. The zero-order valence-electron chi connectivity index (χ0n) is 17.4. The van der Waals surface area contributed by atoms with E-state index in [1.165, 1.54) is 11.1 Å². The van der Waals surface area contributed by atoms with Crippen LogP contribution in [0.15, 0.2) is 41.4 Å². The molecule has 0 unspecified atom stereocenters. The SMILES string of the molecule is CN=C(NCc1cc(OC)c(OC)c(OC)c1)N(C)Cc1ccccc1C.I. The highest BCUT2D eigenvalue weighted by Crippen LogP contribution is 2.38. The Morgan fingerprint density at radius 2 is 1.64 bits per heavy atom. The van der Waals surface area contributed by atoms with Crippen LogP contribution in [0.2, 0.25) is 0 Å². The normalized spacial score (nSPS) is 10.7. The highest BCUT2D eigenvalue weighted by Gasteiger charge is 2.14. The average molecular weight is 499 g/mol. The smallest absolute Gasteiger partial charge is 0.203 e. The van der Waals surface area contributed by atoms with Crippen molar-refractivity contribution >= 4 is 29.9 Å². The summed E-state index contributed by atoms with van der Waals surface area (Å²) in [5.41, 5.74) is 3.55. The van der Waals surface area contributed by atoms with Crippen molar-refractivity contribution in [1.29, 1.82) is 0 Å². The van der Waals surface area contributed by atoms with Gasteiger partial charge in [0, 0.05) is 27.2 Å². The summed E-state index contributed by atoms with van der Waals surface area (Å²) in [5.74, 6) is 2.67. The third kappa shape index (κ3) is 5.92. The summed E-state index contributed by atoms with van der Waals surface area (Å²) < 4.78 is 16.2. The third-order valence-corrected chi connectivity index (χ3v) is 4.42. The van der Waals surface area contributed by atoms with Crippen molar-refractivity contribution in [3.8, 4) is 17.2 Å². The molecule has 1 N–H and O–H groups in total. The van der Waals surface area contributed by atoms with Gasteiger partial charge in [-0.15, -0.1) is 24.0 Å². The summed E-state index contributed by atoms with van der Waals surface area (Å²) in [7, 11) is 8.64. The molecule has 6 nitrogen and oxygen atoms in total. The maximum absolute atomic E-state index is 5.42.